The number of carbonyl (C=O) groups is 1. The molecule has 4 rings (SSSR count). The minimum Gasteiger partial charge on any atom is -0.339 e. The Bertz CT molecular complexity index is 995. The van der Waals surface area contributed by atoms with Crippen LogP contribution in [0.2, 0.25) is 0 Å². The Kier molecular flexibility index (Phi) is 6.33. The van der Waals surface area contributed by atoms with Gasteiger partial charge in [0, 0.05) is 24.5 Å². The van der Waals surface area contributed by atoms with E-state index in [9.17, 15) is 4.79 Å². The second kappa shape index (κ2) is 9.11. The van der Waals surface area contributed by atoms with E-state index in [4.69, 9.17) is 4.98 Å². The van der Waals surface area contributed by atoms with Crippen molar-refractivity contribution in [2.24, 2.45) is 0 Å². The van der Waals surface area contributed by atoms with Crippen LogP contribution >= 0.6 is 11.8 Å². The maximum Gasteiger partial charge on any atom is 0.233 e. The normalized spacial score (nSPS) is 15.2. The lowest BCUT2D eigenvalue weighted by atomic mass is 9.94. The van der Waals surface area contributed by atoms with Crippen molar-refractivity contribution in [2.45, 2.75) is 70.1 Å². The van der Waals surface area contributed by atoms with Crippen molar-refractivity contribution in [1.29, 1.82) is 0 Å². The van der Waals surface area contributed by atoms with Crippen LogP contribution in [0.1, 0.15) is 52.4 Å². The van der Waals surface area contributed by atoms with Crippen molar-refractivity contribution < 1.29 is 4.79 Å². The monoisotopic (exact) mass is 411 g/mol. The predicted octanol–water partition coefficient (Wildman–Crippen LogP) is 4.66. The smallest absolute Gasteiger partial charge is 0.233 e. The van der Waals surface area contributed by atoms with Gasteiger partial charge in [-0.05, 0) is 32.3 Å². The molecule has 0 unspecified atom stereocenters. The van der Waals surface area contributed by atoms with Crippen molar-refractivity contribution in [1.82, 2.24) is 24.6 Å². The third kappa shape index (κ3) is 4.10. The second-order valence-electron chi connectivity index (χ2n) is 7.70. The summed E-state index contributed by atoms with van der Waals surface area (Å²) in [5.74, 6) is 0.549. The van der Waals surface area contributed by atoms with Gasteiger partial charge in [0.2, 0.25) is 11.1 Å². The number of thioether (sulfide) groups is 1. The van der Waals surface area contributed by atoms with Crippen molar-refractivity contribution in [3.8, 4) is 0 Å². The Labute approximate surface area is 176 Å². The van der Waals surface area contributed by atoms with Gasteiger partial charge >= 0.3 is 0 Å². The van der Waals surface area contributed by atoms with Crippen molar-refractivity contribution in [3.05, 3.63) is 24.3 Å². The highest BCUT2D eigenvalue weighted by molar-refractivity contribution is 7.99. The van der Waals surface area contributed by atoms with Crippen molar-refractivity contribution >= 4 is 39.7 Å². The molecule has 0 N–H and O–H groups in total. The van der Waals surface area contributed by atoms with Crippen LogP contribution in [0.3, 0.4) is 0 Å². The average molecular weight is 412 g/mol. The number of amides is 1. The Hall–Kier alpha value is -2.15. The summed E-state index contributed by atoms with van der Waals surface area (Å²) >= 11 is 1.40. The maximum absolute atomic E-state index is 12.8. The summed E-state index contributed by atoms with van der Waals surface area (Å²) in [6, 6.07) is 8.63. The van der Waals surface area contributed by atoms with Gasteiger partial charge in [-0.25, -0.2) is 4.98 Å². The van der Waals surface area contributed by atoms with Gasteiger partial charge in [-0.15, -0.1) is 10.2 Å². The number of carbonyl (C=O) groups excluding carboxylic acids is 1. The largest absolute Gasteiger partial charge is 0.339 e. The van der Waals surface area contributed by atoms with Gasteiger partial charge in [-0.1, -0.05) is 56.1 Å². The maximum atomic E-state index is 12.8. The first-order valence-corrected chi connectivity index (χ1v) is 11.8. The van der Waals surface area contributed by atoms with Crippen LogP contribution in [0.5, 0.6) is 0 Å². The summed E-state index contributed by atoms with van der Waals surface area (Å²) in [5, 5.41) is 10.4. The molecule has 29 heavy (non-hydrogen) atoms. The topological polar surface area (TPSA) is 63.9 Å². The fourth-order valence-electron chi connectivity index (χ4n) is 4.44. The number of nitrogens with zero attached hydrogens (tertiary/aromatic N) is 5. The molecule has 0 spiro atoms. The number of fused-ring (bicyclic) bond motifs is 3. The number of para-hydroxylation sites is 1. The molecule has 2 heterocycles. The molecule has 1 amide bonds. The summed E-state index contributed by atoms with van der Waals surface area (Å²) in [6.07, 6.45) is 7.03. The molecule has 1 aromatic carbocycles. The molecule has 1 saturated carbocycles. The van der Waals surface area contributed by atoms with Crippen LogP contribution in [0.25, 0.3) is 22.1 Å². The summed E-state index contributed by atoms with van der Waals surface area (Å²) in [6.45, 7) is 5.89. The van der Waals surface area contributed by atoms with Gasteiger partial charge < -0.3 is 9.47 Å². The highest BCUT2D eigenvalue weighted by atomic mass is 32.2. The van der Waals surface area contributed by atoms with Crippen LogP contribution < -0.4 is 0 Å². The van der Waals surface area contributed by atoms with Gasteiger partial charge in [0.05, 0.1) is 11.3 Å². The van der Waals surface area contributed by atoms with Gasteiger partial charge in [0.15, 0.2) is 5.65 Å². The highest BCUT2D eigenvalue weighted by Crippen LogP contribution is 2.28. The highest BCUT2D eigenvalue weighted by Gasteiger charge is 2.24. The SMILES string of the molecule is CCCn1c2ccccc2c2nnc(SCC(=O)N(CC)C3CCCCC3)nc21. The van der Waals surface area contributed by atoms with E-state index in [-0.39, 0.29) is 5.91 Å². The van der Waals surface area contributed by atoms with Crippen LogP contribution in [-0.4, -0.2) is 48.9 Å². The Morgan fingerprint density at radius 1 is 1.17 bits per heavy atom. The average Bonchev–Trinajstić information content (AvgIpc) is 3.07. The molecule has 1 aliphatic carbocycles. The van der Waals surface area contributed by atoms with Crippen molar-refractivity contribution in [3.63, 3.8) is 0 Å². The van der Waals surface area contributed by atoms with Gasteiger partial charge in [0.1, 0.15) is 5.52 Å². The number of hydrogen-bond acceptors (Lipinski definition) is 5. The summed E-state index contributed by atoms with van der Waals surface area (Å²) < 4.78 is 2.21. The number of benzene rings is 1. The second-order valence-corrected chi connectivity index (χ2v) is 8.64. The predicted molar refractivity (Wildman–Crippen MR) is 118 cm³/mol. The third-order valence-corrected chi connectivity index (χ3v) is 6.63. The molecule has 3 aromatic rings. The third-order valence-electron chi connectivity index (χ3n) is 5.80. The lowest BCUT2D eigenvalue weighted by molar-refractivity contribution is -0.131. The van der Waals surface area contributed by atoms with Gasteiger partial charge in [-0.2, -0.15) is 0 Å². The Balaban J connectivity index is 1.54. The number of hydrogen-bond donors (Lipinski definition) is 0. The van der Waals surface area contributed by atoms with E-state index in [1.54, 1.807) is 0 Å². The standard InChI is InChI=1S/C22H29N5OS/c1-3-14-27-18-13-9-8-12-17(18)20-21(27)23-22(25-24-20)29-15-19(28)26(4-2)16-10-6-5-7-11-16/h8-9,12-13,16H,3-7,10-11,14-15H2,1-2H3. The summed E-state index contributed by atoms with van der Waals surface area (Å²) in [4.78, 5) is 19.7. The van der Waals surface area contributed by atoms with E-state index >= 15 is 0 Å². The first-order valence-electron chi connectivity index (χ1n) is 10.8. The minimum atomic E-state index is 0.183. The summed E-state index contributed by atoms with van der Waals surface area (Å²) in [7, 11) is 0. The van der Waals surface area contributed by atoms with E-state index in [2.05, 4.69) is 40.7 Å². The molecular weight excluding hydrogens is 382 g/mol. The summed E-state index contributed by atoms with van der Waals surface area (Å²) in [5.41, 5.74) is 2.83. The zero-order chi connectivity index (χ0) is 20.2. The molecule has 6 nitrogen and oxygen atoms in total. The first-order chi connectivity index (χ1) is 14.2. The molecule has 0 atom stereocenters. The van der Waals surface area contributed by atoms with Crippen LogP contribution in [0.4, 0.5) is 0 Å². The molecule has 154 valence electrons. The number of rotatable bonds is 7. The van der Waals surface area contributed by atoms with E-state index in [0.29, 0.717) is 17.0 Å². The lowest BCUT2D eigenvalue weighted by Crippen LogP contribution is -2.42. The molecule has 0 aliphatic heterocycles. The minimum absolute atomic E-state index is 0.183. The van der Waals surface area contributed by atoms with Gasteiger partial charge in [-0.3, -0.25) is 4.79 Å². The van der Waals surface area contributed by atoms with E-state index < -0.39 is 0 Å². The van der Waals surface area contributed by atoms with E-state index in [1.807, 2.05) is 17.0 Å². The van der Waals surface area contributed by atoms with E-state index in [1.165, 1.54) is 31.0 Å². The van der Waals surface area contributed by atoms with Gasteiger partial charge in [0.25, 0.3) is 0 Å². The van der Waals surface area contributed by atoms with Crippen molar-refractivity contribution in [2.75, 3.05) is 12.3 Å². The molecular formula is C22H29N5OS. The fourth-order valence-corrected chi connectivity index (χ4v) is 5.11. The molecule has 1 aliphatic rings. The number of aryl methyl sites for hydroxylation is 1. The molecule has 7 heteroatoms. The van der Waals surface area contributed by atoms with E-state index in [0.717, 1.165) is 54.4 Å². The molecule has 0 radical (unpaired) electrons. The number of aromatic nitrogens is 4. The first kappa shape index (κ1) is 20.1. The quantitative estimate of drug-likeness (QED) is 0.529. The van der Waals surface area contributed by atoms with Crippen LogP contribution in [0, 0.1) is 0 Å². The zero-order valence-electron chi connectivity index (χ0n) is 17.3. The lowest BCUT2D eigenvalue weighted by Gasteiger charge is -2.33. The Morgan fingerprint density at radius 2 is 1.97 bits per heavy atom. The molecule has 0 saturated heterocycles. The van der Waals surface area contributed by atoms with Crippen LogP contribution in [-0.2, 0) is 11.3 Å². The Morgan fingerprint density at radius 3 is 2.72 bits per heavy atom. The fraction of sp³-hybridized carbons (Fsp3) is 0.545. The molecule has 1 fully saturated rings. The van der Waals surface area contributed by atoms with Crippen LogP contribution in [0.15, 0.2) is 29.4 Å². The molecule has 0 bridgehead atoms. The zero-order valence-corrected chi connectivity index (χ0v) is 18.1. The molecule has 2 aromatic heterocycles.